The van der Waals surface area contributed by atoms with Crippen molar-refractivity contribution >= 4 is 21.6 Å². The van der Waals surface area contributed by atoms with Crippen LogP contribution in [0.1, 0.15) is 17.3 Å². The summed E-state index contributed by atoms with van der Waals surface area (Å²) in [4.78, 5) is 15.8. The molecule has 0 aliphatic heterocycles. The Hall–Kier alpha value is -2.22. The van der Waals surface area contributed by atoms with Crippen LogP contribution in [-0.2, 0) is 16.4 Å². The maximum absolute atomic E-state index is 11.9. The fourth-order valence-electron chi connectivity index (χ4n) is 1.62. The van der Waals surface area contributed by atoms with Crippen LogP contribution in [0, 0.1) is 0 Å². The summed E-state index contributed by atoms with van der Waals surface area (Å²) < 4.78 is 24.3. The molecule has 0 saturated carbocycles. The predicted molar refractivity (Wildman–Crippen MR) is 78.7 cm³/mol. The van der Waals surface area contributed by atoms with Crippen LogP contribution < -0.4 is 5.32 Å². The standard InChI is InChI=1S/C13H16N4O3S/c1-2-21(19,20)9-8-17-7-5-12(16-17)15-13(18)11-4-3-6-14-10-11/h3-7,10H,2,8-9H2,1H3,(H,15,16,18). The molecule has 7 nitrogen and oxygen atoms in total. The lowest BCUT2D eigenvalue weighted by Gasteiger charge is -2.03. The lowest BCUT2D eigenvalue weighted by molar-refractivity contribution is 0.102. The largest absolute Gasteiger partial charge is 0.305 e. The molecule has 0 aromatic carbocycles. The molecule has 21 heavy (non-hydrogen) atoms. The van der Waals surface area contributed by atoms with Crippen molar-refractivity contribution in [3.8, 4) is 0 Å². The van der Waals surface area contributed by atoms with Crippen molar-refractivity contribution in [2.45, 2.75) is 13.5 Å². The van der Waals surface area contributed by atoms with Gasteiger partial charge in [-0.15, -0.1) is 0 Å². The number of nitrogens with zero attached hydrogens (tertiary/aromatic N) is 3. The topological polar surface area (TPSA) is 94.0 Å². The molecule has 2 heterocycles. The number of nitrogens with one attached hydrogen (secondary N) is 1. The summed E-state index contributed by atoms with van der Waals surface area (Å²) in [5.74, 6) is 0.201. The number of carbonyl (C=O) groups is 1. The zero-order chi connectivity index (χ0) is 15.3. The molecule has 0 fully saturated rings. The van der Waals surface area contributed by atoms with E-state index >= 15 is 0 Å². The molecule has 8 heteroatoms. The number of hydrogen-bond acceptors (Lipinski definition) is 5. The van der Waals surface area contributed by atoms with E-state index in [0.29, 0.717) is 11.4 Å². The summed E-state index contributed by atoms with van der Waals surface area (Å²) in [6.07, 6.45) is 4.67. The van der Waals surface area contributed by atoms with Crippen molar-refractivity contribution in [2.24, 2.45) is 0 Å². The highest BCUT2D eigenvalue weighted by atomic mass is 32.2. The van der Waals surface area contributed by atoms with E-state index in [0.717, 1.165) is 0 Å². The number of sulfone groups is 1. The number of aromatic nitrogens is 3. The predicted octanol–water partition coefficient (Wildman–Crippen LogP) is 0.965. The third-order valence-electron chi connectivity index (χ3n) is 2.88. The van der Waals surface area contributed by atoms with Crippen LogP contribution in [0.2, 0.25) is 0 Å². The Morgan fingerprint density at radius 2 is 2.19 bits per heavy atom. The minimum atomic E-state index is -3.03. The lowest BCUT2D eigenvalue weighted by Crippen LogP contribution is -2.16. The molecule has 2 aromatic heterocycles. The fraction of sp³-hybridized carbons (Fsp3) is 0.308. The number of pyridine rings is 1. The number of rotatable bonds is 6. The summed E-state index contributed by atoms with van der Waals surface area (Å²) >= 11 is 0. The van der Waals surface area contributed by atoms with Crippen LogP contribution in [0.4, 0.5) is 5.82 Å². The van der Waals surface area contributed by atoms with Crippen LogP contribution in [0.5, 0.6) is 0 Å². The Morgan fingerprint density at radius 3 is 2.86 bits per heavy atom. The van der Waals surface area contributed by atoms with Crippen molar-refractivity contribution in [3.05, 3.63) is 42.4 Å². The summed E-state index contributed by atoms with van der Waals surface area (Å²) in [5.41, 5.74) is 0.431. The molecule has 0 aliphatic rings. The van der Waals surface area contributed by atoms with Gasteiger partial charge in [0, 0.05) is 30.4 Å². The first-order chi connectivity index (χ1) is 10.00. The summed E-state index contributed by atoms with van der Waals surface area (Å²) in [6.45, 7) is 1.87. The average molecular weight is 308 g/mol. The van der Waals surface area contributed by atoms with Gasteiger partial charge in [-0.2, -0.15) is 5.10 Å². The maximum Gasteiger partial charge on any atom is 0.258 e. The number of aryl methyl sites for hydroxylation is 1. The van der Waals surface area contributed by atoms with Gasteiger partial charge in [-0.1, -0.05) is 6.92 Å². The Labute approximate surface area is 122 Å². The highest BCUT2D eigenvalue weighted by molar-refractivity contribution is 7.91. The van der Waals surface area contributed by atoms with Crippen LogP contribution >= 0.6 is 0 Å². The van der Waals surface area contributed by atoms with Gasteiger partial charge in [0.05, 0.1) is 17.9 Å². The minimum absolute atomic E-state index is 0.0289. The van der Waals surface area contributed by atoms with Crippen LogP contribution in [0.15, 0.2) is 36.8 Å². The van der Waals surface area contributed by atoms with E-state index in [1.807, 2.05) is 0 Å². The van der Waals surface area contributed by atoms with Crippen LogP contribution in [0.3, 0.4) is 0 Å². The van der Waals surface area contributed by atoms with Gasteiger partial charge in [-0.25, -0.2) is 8.42 Å². The number of hydrogen-bond donors (Lipinski definition) is 1. The summed E-state index contributed by atoms with van der Waals surface area (Å²) in [5, 5.41) is 6.74. The molecule has 2 rings (SSSR count). The zero-order valence-electron chi connectivity index (χ0n) is 11.6. The van der Waals surface area contributed by atoms with Gasteiger partial charge < -0.3 is 5.32 Å². The van der Waals surface area contributed by atoms with E-state index in [2.05, 4.69) is 15.4 Å². The van der Waals surface area contributed by atoms with Gasteiger partial charge in [0.2, 0.25) is 0 Å². The summed E-state index contributed by atoms with van der Waals surface area (Å²) in [6, 6.07) is 4.93. The molecule has 0 unspecified atom stereocenters. The lowest BCUT2D eigenvalue weighted by atomic mass is 10.3. The first-order valence-electron chi connectivity index (χ1n) is 6.45. The Morgan fingerprint density at radius 1 is 1.38 bits per heavy atom. The fourth-order valence-corrected chi connectivity index (χ4v) is 2.37. The van der Waals surface area contributed by atoms with Gasteiger partial charge in [0.1, 0.15) is 0 Å². The normalized spacial score (nSPS) is 11.3. The zero-order valence-corrected chi connectivity index (χ0v) is 12.4. The molecule has 0 atom stereocenters. The molecular formula is C13H16N4O3S. The highest BCUT2D eigenvalue weighted by Crippen LogP contribution is 2.06. The first kappa shape index (κ1) is 15.2. The molecule has 112 valence electrons. The number of amides is 1. The molecular weight excluding hydrogens is 292 g/mol. The summed E-state index contributed by atoms with van der Waals surface area (Å²) in [7, 11) is -3.03. The molecule has 0 aliphatic carbocycles. The van der Waals surface area contributed by atoms with Gasteiger partial charge in [-0.05, 0) is 12.1 Å². The number of anilines is 1. The molecule has 0 spiro atoms. The SMILES string of the molecule is CCS(=O)(=O)CCn1ccc(NC(=O)c2cccnc2)n1. The third-order valence-corrected chi connectivity index (χ3v) is 4.56. The van der Waals surface area contributed by atoms with Crippen molar-refractivity contribution in [3.63, 3.8) is 0 Å². The average Bonchev–Trinajstić information content (AvgIpc) is 2.94. The van der Waals surface area contributed by atoms with E-state index in [1.54, 1.807) is 37.5 Å². The van der Waals surface area contributed by atoms with E-state index < -0.39 is 9.84 Å². The second kappa shape index (κ2) is 6.49. The molecule has 2 aromatic rings. The van der Waals surface area contributed by atoms with Crippen molar-refractivity contribution < 1.29 is 13.2 Å². The van der Waals surface area contributed by atoms with Gasteiger partial charge >= 0.3 is 0 Å². The minimum Gasteiger partial charge on any atom is -0.305 e. The molecule has 0 bridgehead atoms. The Balaban J connectivity index is 1.96. The smallest absolute Gasteiger partial charge is 0.258 e. The van der Waals surface area contributed by atoms with E-state index in [1.165, 1.54) is 10.9 Å². The van der Waals surface area contributed by atoms with Crippen molar-refractivity contribution in [2.75, 3.05) is 16.8 Å². The highest BCUT2D eigenvalue weighted by Gasteiger charge is 2.10. The van der Waals surface area contributed by atoms with Crippen molar-refractivity contribution in [1.29, 1.82) is 0 Å². The molecule has 1 amide bonds. The monoisotopic (exact) mass is 308 g/mol. The van der Waals surface area contributed by atoms with E-state index in [9.17, 15) is 13.2 Å². The third kappa shape index (κ3) is 4.38. The van der Waals surface area contributed by atoms with Crippen molar-refractivity contribution in [1.82, 2.24) is 14.8 Å². The van der Waals surface area contributed by atoms with E-state index in [4.69, 9.17) is 0 Å². The second-order valence-electron chi connectivity index (χ2n) is 4.40. The molecule has 0 radical (unpaired) electrons. The first-order valence-corrected chi connectivity index (χ1v) is 8.27. The Kier molecular flexibility index (Phi) is 4.69. The number of carbonyl (C=O) groups excluding carboxylic acids is 1. The molecule has 0 saturated heterocycles. The maximum atomic E-state index is 11.9. The van der Waals surface area contributed by atoms with Crippen LogP contribution in [-0.4, -0.2) is 40.6 Å². The van der Waals surface area contributed by atoms with Crippen LogP contribution in [0.25, 0.3) is 0 Å². The van der Waals surface area contributed by atoms with E-state index in [-0.39, 0.29) is 24.0 Å². The quantitative estimate of drug-likeness (QED) is 0.858. The molecule has 1 N–H and O–H groups in total. The van der Waals surface area contributed by atoms with Gasteiger partial charge in [0.25, 0.3) is 5.91 Å². The second-order valence-corrected chi connectivity index (χ2v) is 6.87. The van der Waals surface area contributed by atoms with Gasteiger partial charge in [-0.3, -0.25) is 14.5 Å². The Bertz CT molecular complexity index is 710. The van der Waals surface area contributed by atoms with Gasteiger partial charge in [0.15, 0.2) is 15.7 Å².